The van der Waals surface area contributed by atoms with E-state index in [9.17, 15) is 4.79 Å². The number of nitrogens with zero attached hydrogens (tertiary/aromatic N) is 1. The van der Waals surface area contributed by atoms with Crippen molar-refractivity contribution in [2.75, 3.05) is 0 Å². The third-order valence-electron chi connectivity index (χ3n) is 3.14. The predicted octanol–water partition coefficient (Wildman–Crippen LogP) is 2.47. The van der Waals surface area contributed by atoms with Crippen molar-refractivity contribution in [2.45, 2.75) is 32.6 Å². The zero-order chi connectivity index (χ0) is 10.1. The zero-order valence-corrected chi connectivity index (χ0v) is 8.66. The van der Waals surface area contributed by atoms with E-state index in [1.54, 1.807) is 0 Å². The fourth-order valence-electron chi connectivity index (χ4n) is 2.24. The first-order valence-electron chi connectivity index (χ1n) is 5.13. The number of carbonyl (C=O) groups excluding carboxylic acids is 1. The minimum atomic E-state index is 0.179. The second-order valence-electron chi connectivity index (χ2n) is 4.20. The molecule has 1 aliphatic rings. The van der Waals surface area contributed by atoms with Gasteiger partial charge in [-0.1, -0.05) is 13.0 Å². The summed E-state index contributed by atoms with van der Waals surface area (Å²) < 4.78 is 0. The fourth-order valence-corrected chi connectivity index (χ4v) is 2.24. The Morgan fingerprint density at radius 3 is 2.79 bits per heavy atom. The van der Waals surface area contributed by atoms with Crippen LogP contribution in [0, 0.1) is 12.8 Å². The lowest BCUT2D eigenvalue weighted by Gasteiger charge is -2.14. The molecule has 1 aromatic rings. The molecule has 0 bridgehead atoms. The number of hydrogen-bond acceptors (Lipinski definition) is 2. The first-order valence-corrected chi connectivity index (χ1v) is 5.13. The molecular formula is C12H15NO. The number of rotatable bonds is 1. The van der Waals surface area contributed by atoms with Crippen molar-refractivity contribution >= 4 is 5.78 Å². The predicted molar refractivity (Wildman–Crippen MR) is 55.1 cm³/mol. The second-order valence-corrected chi connectivity index (χ2v) is 4.20. The fraction of sp³-hybridized carbons (Fsp3) is 0.500. The van der Waals surface area contributed by atoms with E-state index in [-0.39, 0.29) is 5.92 Å². The maximum atomic E-state index is 11.4. The van der Waals surface area contributed by atoms with Gasteiger partial charge in [-0.3, -0.25) is 9.78 Å². The summed E-state index contributed by atoms with van der Waals surface area (Å²) in [6.45, 7) is 4.07. The molecule has 1 fully saturated rings. The molecule has 1 aromatic heterocycles. The lowest BCUT2D eigenvalue weighted by Crippen LogP contribution is -2.09. The quantitative estimate of drug-likeness (QED) is 0.679. The third kappa shape index (κ3) is 1.57. The Bertz CT molecular complexity index is 359. The highest BCUT2D eigenvalue weighted by Crippen LogP contribution is 2.36. The van der Waals surface area contributed by atoms with Gasteiger partial charge in [-0.05, 0) is 30.4 Å². The van der Waals surface area contributed by atoms with Crippen LogP contribution in [0.1, 0.15) is 36.8 Å². The normalized spacial score (nSPS) is 26.9. The molecule has 0 N–H and O–H groups in total. The largest absolute Gasteiger partial charge is 0.299 e. The highest BCUT2D eigenvalue weighted by atomic mass is 16.1. The molecule has 1 saturated carbocycles. The summed E-state index contributed by atoms with van der Waals surface area (Å²) in [5, 5.41) is 0. The van der Waals surface area contributed by atoms with Gasteiger partial charge in [-0.15, -0.1) is 0 Å². The lowest BCUT2D eigenvalue weighted by atomic mass is 9.90. The number of carbonyl (C=O) groups is 1. The van der Waals surface area contributed by atoms with Crippen LogP contribution in [-0.2, 0) is 4.79 Å². The summed E-state index contributed by atoms with van der Waals surface area (Å²) in [7, 11) is 0. The first-order chi connectivity index (χ1) is 6.68. The van der Waals surface area contributed by atoms with E-state index in [0.29, 0.717) is 11.7 Å². The van der Waals surface area contributed by atoms with E-state index in [2.05, 4.69) is 11.1 Å². The van der Waals surface area contributed by atoms with Crippen LogP contribution in [0.25, 0.3) is 0 Å². The maximum absolute atomic E-state index is 11.4. The van der Waals surface area contributed by atoms with Gasteiger partial charge >= 0.3 is 0 Å². The number of ketones is 1. The van der Waals surface area contributed by atoms with Crippen molar-refractivity contribution in [3.8, 4) is 0 Å². The van der Waals surface area contributed by atoms with Gasteiger partial charge in [-0.25, -0.2) is 0 Å². The highest BCUT2D eigenvalue weighted by molar-refractivity contribution is 5.84. The van der Waals surface area contributed by atoms with Crippen LogP contribution in [0.4, 0.5) is 0 Å². The third-order valence-corrected chi connectivity index (χ3v) is 3.14. The lowest BCUT2D eigenvalue weighted by molar-refractivity contribution is -0.120. The number of hydrogen-bond donors (Lipinski definition) is 0. The summed E-state index contributed by atoms with van der Waals surface area (Å²) in [6.07, 6.45) is 5.47. The Labute approximate surface area is 84.4 Å². The Kier molecular flexibility index (Phi) is 2.36. The molecule has 0 radical (unpaired) electrons. The Morgan fingerprint density at radius 2 is 2.21 bits per heavy atom. The Morgan fingerprint density at radius 1 is 1.43 bits per heavy atom. The standard InChI is InChI=1S/C12H15NO/c1-8-5-10(7-13-6-8)11-3-4-12(14)9(11)2/h5-7,9,11H,3-4H2,1-2H3. The van der Waals surface area contributed by atoms with E-state index in [1.807, 2.05) is 26.2 Å². The van der Waals surface area contributed by atoms with Crippen molar-refractivity contribution in [3.63, 3.8) is 0 Å². The molecular weight excluding hydrogens is 174 g/mol. The second kappa shape index (κ2) is 3.52. The SMILES string of the molecule is Cc1cncc(C2CCC(=O)C2C)c1. The molecule has 2 atom stereocenters. The molecule has 0 aromatic carbocycles. The van der Waals surface area contributed by atoms with Crippen molar-refractivity contribution in [3.05, 3.63) is 29.6 Å². The van der Waals surface area contributed by atoms with E-state index in [4.69, 9.17) is 0 Å². The van der Waals surface area contributed by atoms with Gasteiger partial charge in [0.05, 0.1) is 0 Å². The first kappa shape index (κ1) is 9.38. The topological polar surface area (TPSA) is 30.0 Å². The van der Waals surface area contributed by atoms with E-state index < -0.39 is 0 Å². The molecule has 2 heteroatoms. The molecule has 1 heterocycles. The summed E-state index contributed by atoms with van der Waals surface area (Å²) in [5.74, 6) is 0.977. The van der Waals surface area contributed by atoms with Gasteiger partial charge in [0.2, 0.25) is 0 Å². The smallest absolute Gasteiger partial charge is 0.136 e. The molecule has 0 aliphatic heterocycles. The number of aryl methyl sites for hydroxylation is 1. The van der Waals surface area contributed by atoms with E-state index in [0.717, 1.165) is 12.8 Å². The van der Waals surface area contributed by atoms with Crippen LogP contribution in [0.2, 0.25) is 0 Å². The van der Waals surface area contributed by atoms with Gasteiger partial charge in [0.25, 0.3) is 0 Å². The monoisotopic (exact) mass is 189 g/mol. The minimum Gasteiger partial charge on any atom is -0.299 e. The molecule has 14 heavy (non-hydrogen) atoms. The molecule has 2 nitrogen and oxygen atoms in total. The molecule has 0 saturated heterocycles. The van der Waals surface area contributed by atoms with Gasteiger partial charge in [0.1, 0.15) is 5.78 Å². The average molecular weight is 189 g/mol. The van der Waals surface area contributed by atoms with E-state index in [1.165, 1.54) is 11.1 Å². The van der Waals surface area contributed by atoms with Crippen LogP contribution in [0.3, 0.4) is 0 Å². The number of pyridine rings is 1. The average Bonchev–Trinajstić information content (AvgIpc) is 2.48. The molecule has 0 amide bonds. The summed E-state index contributed by atoms with van der Waals surface area (Å²) >= 11 is 0. The van der Waals surface area contributed by atoms with Crippen molar-refractivity contribution in [1.82, 2.24) is 4.98 Å². The van der Waals surface area contributed by atoms with Crippen molar-refractivity contribution in [2.24, 2.45) is 5.92 Å². The Balaban J connectivity index is 2.28. The zero-order valence-electron chi connectivity index (χ0n) is 8.66. The van der Waals surface area contributed by atoms with Crippen LogP contribution >= 0.6 is 0 Å². The molecule has 0 spiro atoms. The molecule has 1 aliphatic carbocycles. The number of Topliss-reactive ketones (excluding diaryl/α,β-unsaturated/α-hetero) is 1. The van der Waals surface area contributed by atoms with Gasteiger partial charge < -0.3 is 0 Å². The minimum absolute atomic E-state index is 0.179. The van der Waals surface area contributed by atoms with E-state index >= 15 is 0 Å². The van der Waals surface area contributed by atoms with Crippen LogP contribution in [0.5, 0.6) is 0 Å². The van der Waals surface area contributed by atoms with Gasteiger partial charge in [-0.2, -0.15) is 0 Å². The molecule has 2 rings (SSSR count). The van der Waals surface area contributed by atoms with Crippen LogP contribution < -0.4 is 0 Å². The highest BCUT2D eigenvalue weighted by Gasteiger charge is 2.31. The summed E-state index contributed by atoms with van der Waals surface area (Å²) in [5.41, 5.74) is 2.40. The van der Waals surface area contributed by atoms with Gasteiger partial charge in [0, 0.05) is 24.7 Å². The van der Waals surface area contributed by atoms with Gasteiger partial charge in [0.15, 0.2) is 0 Å². The molecule has 74 valence electrons. The van der Waals surface area contributed by atoms with Crippen LogP contribution in [0.15, 0.2) is 18.5 Å². The Hall–Kier alpha value is -1.18. The van der Waals surface area contributed by atoms with Crippen LogP contribution in [-0.4, -0.2) is 10.8 Å². The van der Waals surface area contributed by atoms with Crippen molar-refractivity contribution < 1.29 is 4.79 Å². The summed E-state index contributed by atoms with van der Waals surface area (Å²) in [4.78, 5) is 15.6. The molecule has 2 unspecified atom stereocenters. The number of aromatic nitrogens is 1. The maximum Gasteiger partial charge on any atom is 0.136 e. The summed E-state index contributed by atoms with van der Waals surface area (Å²) in [6, 6.07) is 2.15. The van der Waals surface area contributed by atoms with Crippen molar-refractivity contribution in [1.29, 1.82) is 0 Å².